The van der Waals surface area contributed by atoms with Gasteiger partial charge in [0.15, 0.2) is 0 Å². The summed E-state index contributed by atoms with van der Waals surface area (Å²) in [6.07, 6.45) is 0. The normalized spacial score (nSPS) is 13.5. The lowest BCUT2D eigenvalue weighted by Crippen LogP contribution is -2.17. The Kier molecular flexibility index (Phi) is 4.42. The fourth-order valence-corrected chi connectivity index (χ4v) is 2.75. The van der Waals surface area contributed by atoms with Crippen LogP contribution in [0.1, 0.15) is 34.3 Å². The lowest BCUT2D eigenvalue weighted by molar-refractivity contribution is 0.842. The summed E-state index contributed by atoms with van der Waals surface area (Å²) in [6.45, 7) is 0. The highest BCUT2D eigenvalue weighted by Crippen LogP contribution is 2.29. The molecule has 3 nitrogen and oxygen atoms in total. The molecule has 0 aliphatic carbocycles. The molecule has 23 heavy (non-hydrogen) atoms. The average Bonchev–Trinajstić information content (AvgIpc) is 2.62. The van der Waals surface area contributed by atoms with Crippen molar-refractivity contribution in [2.75, 3.05) is 5.73 Å². The van der Waals surface area contributed by atoms with Gasteiger partial charge in [0.1, 0.15) is 0 Å². The van der Waals surface area contributed by atoms with E-state index in [4.69, 9.17) is 17.2 Å². The van der Waals surface area contributed by atoms with E-state index in [-0.39, 0.29) is 12.1 Å². The van der Waals surface area contributed by atoms with Gasteiger partial charge in [-0.15, -0.1) is 0 Å². The van der Waals surface area contributed by atoms with E-state index in [1.807, 2.05) is 78.9 Å². The Morgan fingerprint density at radius 3 is 1.65 bits per heavy atom. The van der Waals surface area contributed by atoms with E-state index in [9.17, 15) is 0 Å². The summed E-state index contributed by atoms with van der Waals surface area (Å²) in [5.74, 6) is 0. The van der Waals surface area contributed by atoms with Crippen LogP contribution in [-0.2, 0) is 0 Å². The fraction of sp³-hybridized carbons (Fsp3) is 0.100. The molecule has 0 aromatic heterocycles. The number of hydrogen-bond donors (Lipinski definition) is 3. The third kappa shape index (κ3) is 3.26. The highest BCUT2D eigenvalue weighted by molar-refractivity contribution is 5.54. The predicted octanol–water partition coefficient (Wildman–Crippen LogP) is 3.37. The van der Waals surface area contributed by atoms with E-state index in [0.29, 0.717) is 5.69 Å². The van der Waals surface area contributed by atoms with Crippen LogP contribution in [0.3, 0.4) is 0 Å². The van der Waals surface area contributed by atoms with Crippen LogP contribution >= 0.6 is 0 Å². The maximum Gasteiger partial charge on any atom is 0.0572 e. The molecule has 3 heteroatoms. The van der Waals surface area contributed by atoms with Crippen molar-refractivity contribution in [1.82, 2.24) is 0 Å². The molecular formula is C20H21N3. The lowest BCUT2D eigenvalue weighted by atomic mass is 9.92. The van der Waals surface area contributed by atoms with Gasteiger partial charge in [-0.05, 0) is 34.4 Å². The second-order valence-corrected chi connectivity index (χ2v) is 5.67. The number of nitrogens with two attached hydrogens (primary N) is 3. The van der Waals surface area contributed by atoms with Crippen LogP contribution in [0.2, 0.25) is 0 Å². The molecule has 116 valence electrons. The molecule has 0 aliphatic rings. The molecule has 6 N–H and O–H groups in total. The van der Waals surface area contributed by atoms with Gasteiger partial charge in [0.05, 0.1) is 12.1 Å². The summed E-state index contributed by atoms with van der Waals surface area (Å²) in [6, 6.07) is 25.4. The van der Waals surface area contributed by atoms with Crippen molar-refractivity contribution in [3.05, 3.63) is 101 Å². The summed E-state index contributed by atoms with van der Waals surface area (Å²) in [5, 5.41) is 0. The highest BCUT2D eigenvalue weighted by Gasteiger charge is 2.15. The number of hydrogen-bond acceptors (Lipinski definition) is 3. The first-order valence-electron chi connectivity index (χ1n) is 7.67. The van der Waals surface area contributed by atoms with Gasteiger partial charge in [0, 0.05) is 5.69 Å². The molecule has 0 fully saturated rings. The monoisotopic (exact) mass is 303 g/mol. The quantitative estimate of drug-likeness (QED) is 0.647. The molecule has 0 bridgehead atoms. The van der Waals surface area contributed by atoms with Gasteiger partial charge in [-0.3, -0.25) is 0 Å². The molecule has 2 atom stereocenters. The lowest BCUT2D eigenvalue weighted by Gasteiger charge is -2.19. The minimum atomic E-state index is -0.265. The van der Waals surface area contributed by atoms with Crippen molar-refractivity contribution in [2.45, 2.75) is 12.1 Å². The molecule has 0 radical (unpaired) electrons. The predicted molar refractivity (Wildman–Crippen MR) is 95.8 cm³/mol. The van der Waals surface area contributed by atoms with Crippen LogP contribution in [0.4, 0.5) is 5.69 Å². The van der Waals surface area contributed by atoms with Crippen LogP contribution in [0.15, 0.2) is 78.9 Å². The summed E-state index contributed by atoms with van der Waals surface area (Å²) < 4.78 is 0. The molecule has 0 saturated carbocycles. The summed E-state index contributed by atoms with van der Waals surface area (Å²) in [7, 11) is 0. The average molecular weight is 303 g/mol. The van der Waals surface area contributed by atoms with E-state index >= 15 is 0 Å². The van der Waals surface area contributed by atoms with Gasteiger partial charge in [-0.1, -0.05) is 66.7 Å². The second-order valence-electron chi connectivity index (χ2n) is 5.67. The van der Waals surface area contributed by atoms with E-state index in [1.54, 1.807) is 0 Å². The van der Waals surface area contributed by atoms with Crippen molar-refractivity contribution in [2.24, 2.45) is 11.5 Å². The SMILES string of the molecule is Nc1ccc(C(N)c2ccccc2)cc1C(N)c1ccccc1. The van der Waals surface area contributed by atoms with Gasteiger partial charge in [-0.25, -0.2) is 0 Å². The first-order chi connectivity index (χ1) is 11.2. The topological polar surface area (TPSA) is 78.1 Å². The summed E-state index contributed by atoms with van der Waals surface area (Å²) in [4.78, 5) is 0. The van der Waals surface area contributed by atoms with Gasteiger partial charge < -0.3 is 17.2 Å². The Hall–Kier alpha value is -2.62. The van der Waals surface area contributed by atoms with E-state index in [0.717, 1.165) is 22.3 Å². The molecule has 0 heterocycles. The smallest absolute Gasteiger partial charge is 0.0572 e. The standard InChI is InChI=1S/C20H21N3/c21-18-12-11-16(19(22)14-7-3-1-4-8-14)13-17(18)20(23)15-9-5-2-6-10-15/h1-13,19-20H,21-23H2. The van der Waals surface area contributed by atoms with Crippen LogP contribution in [-0.4, -0.2) is 0 Å². The first-order valence-corrected chi connectivity index (χ1v) is 7.67. The van der Waals surface area contributed by atoms with Crippen LogP contribution in [0.5, 0.6) is 0 Å². The Morgan fingerprint density at radius 1 is 0.565 bits per heavy atom. The van der Waals surface area contributed by atoms with Crippen molar-refractivity contribution < 1.29 is 0 Å². The Balaban J connectivity index is 1.96. The first kappa shape index (κ1) is 15.3. The fourth-order valence-electron chi connectivity index (χ4n) is 2.75. The Bertz CT molecular complexity index is 769. The number of benzene rings is 3. The van der Waals surface area contributed by atoms with Crippen LogP contribution < -0.4 is 17.2 Å². The van der Waals surface area contributed by atoms with Gasteiger partial charge in [0.2, 0.25) is 0 Å². The van der Waals surface area contributed by atoms with E-state index < -0.39 is 0 Å². The Labute approximate surface area is 136 Å². The zero-order valence-corrected chi connectivity index (χ0v) is 12.9. The molecule has 2 unspecified atom stereocenters. The number of nitrogen functional groups attached to an aromatic ring is 1. The van der Waals surface area contributed by atoms with Crippen molar-refractivity contribution in [3.63, 3.8) is 0 Å². The molecule has 3 aromatic carbocycles. The summed E-state index contributed by atoms with van der Waals surface area (Å²) >= 11 is 0. The number of rotatable bonds is 4. The number of anilines is 1. The second kappa shape index (κ2) is 6.65. The van der Waals surface area contributed by atoms with E-state index in [1.165, 1.54) is 0 Å². The van der Waals surface area contributed by atoms with Gasteiger partial charge in [-0.2, -0.15) is 0 Å². The van der Waals surface area contributed by atoms with Gasteiger partial charge in [0.25, 0.3) is 0 Å². The Morgan fingerprint density at radius 2 is 1.09 bits per heavy atom. The molecule has 3 aromatic rings. The van der Waals surface area contributed by atoms with Crippen LogP contribution in [0, 0.1) is 0 Å². The molecular weight excluding hydrogens is 282 g/mol. The van der Waals surface area contributed by atoms with Crippen molar-refractivity contribution in [1.29, 1.82) is 0 Å². The van der Waals surface area contributed by atoms with E-state index in [2.05, 4.69) is 0 Å². The third-order valence-electron chi connectivity index (χ3n) is 4.12. The van der Waals surface area contributed by atoms with Crippen molar-refractivity contribution in [3.8, 4) is 0 Å². The van der Waals surface area contributed by atoms with Gasteiger partial charge >= 0.3 is 0 Å². The minimum Gasteiger partial charge on any atom is -0.398 e. The third-order valence-corrected chi connectivity index (χ3v) is 4.12. The van der Waals surface area contributed by atoms with Crippen LogP contribution in [0.25, 0.3) is 0 Å². The largest absolute Gasteiger partial charge is 0.398 e. The summed E-state index contributed by atoms with van der Waals surface area (Å²) in [5.41, 5.74) is 23.6. The molecule has 0 saturated heterocycles. The zero-order valence-electron chi connectivity index (χ0n) is 12.9. The maximum absolute atomic E-state index is 6.40. The molecule has 0 amide bonds. The zero-order chi connectivity index (χ0) is 16.2. The van der Waals surface area contributed by atoms with Crippen molar-refractivity contribution >= 4 is 5.69 Å². The molecule has 0 aliphatic heterocycles. The minimum absolute atomic E-state index is 0.196. The highest BCUT2D eigenvalue weighted by atomic mass is 14.7. The maximum atomic E-state index is 6.40. The molecule has 0 spiro atoms. The molecule has 3 rings (SSSR count).